The molecule has 1 fully saturated rings. The summed E-state index contributed by atoms with van der Waals surface area (Å²) < 4.78 is 10.2. The molecular formula is C13H19N3O3. The molecule has 0 amide bonds. The average Bonchev–Trinajstić information content (AvgIpc) is 2.35. The second kappa shape index (κ2) is 5.88. The van der Waals surface area contributed by atoms with Crippen molar-refractivity contribution in [2.75, 3.05) is 24.8 Å². The number of rotatable bonds is 5. The minimum absolute atomic E-state index is 0.316. The van der Waals surface area contributed by atoms with Crippen molar-refractivity contribution in [3.8, 4) is 0 Å². The van der Waals surface area contributed by atoms with Gasteiger partial charge in [0.05, 0.1) is 30.2 Å². The van der Waals surface area contributed by atoms with E-state index in [1.165, 1.54) is 6.20 Å². The van der Waals surface area contributed by atoms with Crippen molar-refractivity contribution < 1.29 is 14.3 Å². The molecule has 0 aliphatic heterocycles. The lowest BCUT2D eigenvalue weighted by molar-refractivity contribution is 0.0327. The lowest BCUT2D eigenvalue weighted by atomic mass is 9.89. The van der Waals surface area contributed by atoms with Crippen molar-refractivity contribution in [1.29, 1.82) is 0 Å². The summed E-state index contributed by atoms with van der Waals surface area (Å²) in [5.74, 6) is 0.214. The number of nitrogen functional groups attached to an aromatic ring is 1. The molecule has 0 aromatic carbocycles. The van der Waals surface area contributed by atoms with Crippen molar-refractivity contribution in [2.24, 2.45) is 0 Å². The van der Waals surface area contributed by atoms with Crippen LogP contribution in [-0.4, -0.2) is 36.8 Å². The Morgan fingerprint density at radius 3 is 2.95 bits per heavy atom. The molecule has 0 atom stereocenters. The standard InChI is InChI=1S/C13H19N3O3/c1-3-19-13(17)10-6-12(15-7-11(10)14)16-8-4-9(5-8)18-2/h6-9H,3-5,14H2,1-2H3,(H,15,16). The second-order valence-electron chi connectivity index (χ2n) is 4.55. The van der Waals surface area contributed by atoms with Crippen molar-refractivity contribution >= 4 is 17.5 Å². The van der Waals surface area contributed by atoms with Gasteiger partial charge in [-0.3, -0.25) is 0 Å². The number of carbonyl (C=O) groups is 1. The van der Waals surface area contributed by atoms with Crippen LogP contribution in [-0.2, 0) is 9.47 Å². The number of nitrogens with zero attached hydrogens (tertiary/aromatic N) is 1. The molecule has 1 aliphatic rings. The van der Waals surface area contributed by atoms with E-state index in [4.69, 9.17) is 15.2 Å². The van der Waals surface area contributed by atoms with Gasteiger partial charge in [0, 0.05) is 13.2 Å². The van der Waals surface area contributed by atoms with E-state index in [1.807, 2.05) is 0 Å². The molecule has 1 heterocycles. The second-order valence-corrected chi connectivity index (χ2v) is 4.55. The normalized spacial score (nSPS) is 21.6. The quantitative estimate of drug-likeness (QED) is 0.783. The molecule has 3 N–H and O–H groups in total. The molecular weight excluding hydrogens is 246 g/mol. The fourth-order valence-electron chi connectivity index (χ4n) is 2.02. The van der Waals surface area contributed by atoms with Crippen molar-refractivity contribution in [2.45, 2.75) is 31.9 Å². The van der Waals surface area contributed by atoms with Gasteiger partial charge < -0.3 is 20.5 Å². The maximum absolute atomic E-state index is 11.7. The Labute approximate surface area is 112 Å². The Morgan fingerprint density at radius 2 is 2.32 bits per heavy atom. The van der Waals surface area contributed by atoms with E-state index in [1.54, 1.807) is 20.1 Å². The van der Waals surface area contributed by atoms with Gasteiger partial charge in [-0.1, -0.05) is 0 Å². The molecule has 6 nitrogen and oxygen atoms in total. The molecule has 6 heteroatoms. The Kier molecular flexibility index (Phi) is 4.21. The van der Waals surface area contributed by atoms with Gasteiger partial charge in [-0.05, 0) is 25.8 Å². The molecule has 1 aliphatic carbocycles. The van der Waals surface area contributed by atoms with Crippen LogP contribution >= 0.6 is 0 Å². The fourth-order valence-corrected chi connectivity index (χ4v) is 2.02. The summed E-state index contributed by atoms with van der Waals surface area (Å²) in [6.45, 7) is 2.08. The number of hydrogen-bond acceptors (Lipinski definition) is 6. The number of methoxy groups -OCH3 is 1. The van der Waals surface area contributed by atoms with Gasteiger partial charge in [0.15, 0.2) is 0 Å². The van der Waals surface area contributed by atoms with Crippen LogP contribution in [0.25, 0.3) is 0 Å². The summed E-state index contributed by atoms with van der Waals surface area (Å²) in [6, 6.07) is 1.96. The molecule has 1 aromatic heterocycles. The van der Waals surface area contributed by atoms with Crippen LogP contribution in [0, 0.1) is 0 Å². The first-order valence-corrected chi connectivity index (χ1v) is 6.36. The third-order valence-electron chi connectivity index (χ3n) is 3.21. The third kappa shape index (κ3) is 3.14. The molecule has 0 unspecified atom stereocenters. The monoisotopic (exact) mass is 265 g/mol. The van der Waals surface area contributed by atoms with Crippen LogP contribution < -0.4 is 11.1 Å². The van der Waals surface area contributed by atoms with E-state index in [-0.39, 0.29) is 0 Å². The Morgan fingerprint density at radius 1 is 1.58 bits per heavy atom. The van der Waals surface area contributed by atoms with E-state index in [2.05, 4.69) is 10.3 Å². The predicted molar refractivity (Wildman–Crippen MR) is 72.0 cm³/mol. The highest BCUT2D eigenvalue weighted by Gasteiger charge is 2.29. The summed E-state index contributed by atoms with van der Waals surface area (Å²) >= 11 is 0. The SMILES string of the molecule is CCOC(=O)c1cc(NC2CC(OC)C2)ncc1N. The minimum Gasteiger partial charge on any atom is -0.462 e. The van der Waals surface area contributed by atoms with Gasteiger partial charge in [0.2, 0.25) is 0 Å². The molecule has 0 spiro atoms. The van der Waals surface area contributed by atoms with Gasteiger partial charge in [0.1, 0.15) is 5.82 Å². The van der Waals surface area contributed by atoms with Crippen molar-refractivity contribution in [3.05, 3.63) is 17.8 Å². The van der Waals surface area contributed by atoms with Crippen LogP contribution in [0.3, 0.4) is 0 Å². The van der Waals surface area contributed by atoms with Gasteiger partial charge in [-0.25, -0.2) is 9.78 Å². The van der Waals surface area contributed by atoms with E-state index in [0.717, 1.165) is 12.8 Å². The highest BCUT2D eigenvalue weighted by molar-refractivity contribution is 5.95. The van der Waals surface area contributed by atoms with E-state index in [9.17, 15) is 4.79 Å². The molecule has 19 heavy (non-hydrogen) atoms. The Balaban J connectivity index is 2.02. The highest BCUT2D eigenvalue weighted by atomic mass is 16.5. The topological polar surface area (TPSA) is 86.5 Å². The smallest absolute Gasteiger partial charge is 0.340 e. The molecule has 1 saturated carbocycles. The number of nitrogens with two attached hydrogens (primary N) is 1. The molecule has 0 radical (unpaired) electrons. The van der Waals surface area contributed by atoms with E-state index >= 15 is 0 Å². The Bertz CT molecular complexity index is 458. The van der Waals surface area contributed by atoms with Crippen molar-refractivity contribution in [1.82, 2.24) is 4.98 Å². The summed E-state index contributed by atoms with van der Waals surface area (Å²) in [7, 11) is 1.71. The van der Waals surface area contributed by atoms with E-state index in [0.29, 0.717) is 35.8 Å². The number of pyridine rings is 1. The molecule has 104 valence electrons. The molecule has 0 saturated heterocycles. The summed E-state index contributed by atoms with van der Waals surface area (Å²) in [6.07, 6.45) is 3.67. The van der Waals surface area contributed by atoms with E-state index < -0.39 is 5.97 Å². The first-order chi connectivity index (χ1) is 9.13. The molecule has 2 rings (SSSR count). The van der Waals surface area contributed by atoms with Crippen LogP contribution in [0.2, 0.25) is 0 Å². The summed E-state index contributed by atoms with van der Waals surface area (Å²) in [5.41, 5.74) is 6.41. The lowest BCUT2D eigenvalue weighted by Crippen LogP contribution is -2.40. The number of carbonyl (C=O) groups excluding carboxylic acids is 1. The number of aromatic nitrogens is 1. The predicted octanol–water partition coefficient (Wildman–Crippen LogP) is 1.43. The summed E-state index contributed by atoms with van der Waals surface area (Å²) in [4.78, 5) is 15.9. The van der Waals surface area contributed by atoms with Gasteiger partial charge in [0.25, 0.3) is 0 Å². The fraction of sp³-hybridized carbons (Fsp3) is 0.538. The zero-order chi connectivity index (χ0) is 13.8. The minimum atomic E-state index is -0.422. The third-order valence-corrected chi connectivity index (χ3v) is 3.21. The number of anilines is 2. The van der Waals surface area contributed by atoms with Gasteiger partial charge >= 0.3 is 5.97 Å². The Hall–Kier alpha value is -1.82. The van der Waals surface area contributed by atoms with Gasteiger partial charge in [-0.15, -0.1) is 0 Å². The number of ether oxygens (including phenoxy) is 2. The van der Waals surface area contributed by atoms with Crippen LogP contribution in [0.1, 0.15) is 30.1 Å². The summed E-state index contributed by atoms with van der Waals surface area (Å²) in [5, 5.41) is 3.25. The van der Waals surface area contributed by atoms with Crippen molar-refractivity contribution in [3.63, 3.8) is 0 Å². The first kappa shape index (κ1) is 13.6. The average molecular weight is 265 g/mol. The zero-order valence-corrected chi connectivity index (χ0v) is 11.2. The maximum Gasteiger partial charge on any atom is 0.340 e. The van der Waals surface area contributed by atoms with Crippen LogP contribution in [0.5, 0.6) is 0 Å². The van der Waals surface area contributed by atoms with Crippen LogP contribution in [0.15, 0.2) is 12.3 Å². The van der Waals surface area contributed by atoms with Gasteiger partial charge in [-0.2, -0.15) is 0 Å². The number of hydrogen-bond donors (Lipinski definition) is 2. The number of nitrogens with one attached hydrogen (secondary N) is 1. The highest BCUT2D eigenvalue weighted by Crippen LogP contribution is 2.26. The zero-order valence-electron chi connectivity index (χ0n) is 11.2. The lowest BCUT2D eigenvalue weighted by Gasteiger charge is -2.34. The maximum atomic E-state index is 11.7. The molecule has 0 bridgehead atoms. The largest absolute Gasteiger partial charge is 0.462 e. The number of esters is 1. The molecule has 1 aromatic rings. The van der Waals surface area contributed by atoms with Crippen LogP contribution in [0.4, 0.5) is 11.5 Å². The first-order valence-electron chi connectivity index (χ1n) is 6.36.